The van der Waals surface area contributed by atoms with Crippen LogP contribution in [-0.2, 0) is 23.8 Å². The highest BCUT2D eigenvalue weighted by molar-refractivity contribution is 6.00. The van der Waals surface area contributed by atoms with Crippen LogP contribution < -0.4 is 10.2 Å². The lowest BCUT2D eigenvalue weighted by molar-refractivity contribution is -0.137. The van der Waals surface area contributed by atoms with Gasteiger partial charge in [0.25, 0.3) is 0 Å². The molecule has 218 valence electrons. The molecule has 1 amide bonds. The first kappa shape index (κ1) is 29.0. The van der Waals surface area contributed by atoms with Crippen LogP contribution in [0.4, 0.5) is 30.4 Å². The molecule has 3 heterocycles. The molecule has 1 saturated heterocycles. The molecule has 11 heteroatoms. The van der Waals surface area contributed by atoms with Gasteiger partial charge < -0.3 is 10.2 Å². The second kappa shape index (κ2) is 11.8. The second-order valence-electron chi connectivity index (χ2n) is 10.4. The Kier molecular flexibility index (Phi) is 8.11. The number of ketones is 1. The van der Waals surface area contributed by atoms with Crippen LogP contribution in [0.2, 0.25) is 0 Å². The van der Waals surface area contributed by atoms with E-state index in [1.807, 2.05) is 39.0 Å². The van der Waals surface area contributed by atoms with Gasteiger partial charge in [0.2, 0.25) is 5.91 Å². The van der Waals surface area contributed by atoms with E-state index in [1.54, 1.807) is 16.8 Å². The Morgan fingerprint density at radius 2 is 1.83 bits per heavy atom. The normalized spacial score (nSPS) is 13.9. The number of hydrogen-bond donors (Lipinski definition) is 1. The monoisotopic (exact) mass is 576 g/mol. The number of aryl methyl sites for hydroxylation is 3. The fourth-order valence-corrected chi connectivity index (χ4v) is 4.97. The second-order valence-corrected chi connectivity index (χ2v) is 10.4. The van der Waals surface area contributed by atoms with Crippen molar-refractivity contribution >= 4 is 28.9 Å². The van der Waals surface area contributed by atoms with Gasteiger partial charge in [-0.05, 0) is 68.5 Å². The third-order valence-corrected chi connectivity index (χ3v) is 7.25. The zero-order valence-corrected chi connectivity index (χ0v) is 23.6. The van der Waals surface area contributed by atoms with Gasteiger partial charge in [-0.15, -0.1) is 0 Å². The molecule has 0 atom stereocenters. The van der Waals surface area contributed by atoms with Crippen molar-refractivity contribution < 1.29 is 22.8 Å². The number of carbonyl (C=O) groups is 2. The van der Waals surface area contributed by atoms with Crippen molar-refractivity contribution in [2.75, 3.05) is 16.8 Å². The number of hydrogen-bond acceptors (Lipinski definition) is 6. The summed E-state index contributed by atoms with van der Waals surface area (Å²) in [6, 6.07) is 12.4. The molecule has 1 aliphatic heterocycles. The fourth-order valence-electron chi connectivity index (χ4n) is 4.97. The Labute approximate surface area is 241 Å². The molecular weight excluding hydrogens is 545 g/mol. The Hall–Kier alpha value is -4.54. The third kappa shape index (κ3) is 6.35. The highest BCUT2D eigenvalue weighted by Crippen LogP contribution is 2.34. The van der Waals surface area contributed by atoms with Crippen LogP contribution >= 0.6 is 0 Å². The van der Waals surface area contributed by atoms with Crippen LogP contribution in [0.15, 0.2) is 54.9 Å². The van der Waals surface area contributed by atoms with Gasteiger partial charge >= 0.3 is 6.18 Å². The molecule has 8 nitrogen and oxygen atoms in total. The van der Waals surface area contributed by atoms with Gasteiger partial charge in [-0.3, -0.25) is 9.59 Å². The molecule has 2 aromatic carbocycles. The number of piperidine rings is 1. The van der Waals surface area contributed by atoms with Crippen molar-refractivity contribution in [2.24, 2.45) is 0 Å². The predicted molar refractivity (Wildman–Crippen MR) is 153 cm³/mol. The lowest BCUT2D eigenvalue weighted by Gasteiger charge is -2.28. The van der Waals surface area contributed by atoms with Gasteiger partial charge in [0.05, 0.1) is 11.3 Å². The molecule has 1 N–H and O–H groups in total. The molecule has 0 saturated carbocycles. The van der Waals surface area contributed by atoms with E-state index in [4.69, 9.17) is 0 Å². The molecule has 5 rings (SSSR count). The maximum atomic E-state index is 13.8. The minimum absolute atomic E-state index is 0.0857. The standard InChI is InChI=1S/C31H31F3N6O2/c1-4-24-17-28(36-18-35-24)40-29(11-20(3)38-40)37-26-12-21(9-8-19(26)2)13-27(41)22-14-23(31(32,33)34)16-25(15-22)39-10-6-5-7-30(39)42/h8-9,11-12,14-18,37H,4-7,10,13H2,1-3H3. The Morgan fingerprint density at radius 1 is 1.02 bits per heavy atom. The molecule has 42 heavy (non-hydrogen) atoms. The van der Waals surface area contributed by atoms with Crippen molar-refractivity contribution in [3.63, 3.8) is 0 Å². The third-order valence-electron chi connectivity index (χ3n) is 7.25. The number of alkyl halides is 3. The summed E-state index contributed by atoms with van der Waals surface area (Å²) < 4.78 is 43.0. The highest BCUT2D eigenvalue weighted by Gasteiger charge is 2.33. The molecule has 0 radical (unpaired) electrons. The Morgan fingerprint density at radius 3 is 2.57 bits per heavy atom. The maximum absolute atomic E-state index is 13.8. The maximum Gasteiger partial charge on any atom is 0.416 e. The molecule has 1 fully saturated rings. The van der Waals surface area contributed by atoms with Crippen LogP contribution in [0.1, 0.15) is 64.6 Å². The molecule has 0 spiro atoms. The number of nitrogens with zero attached hydrogens (tertiary/aromatic N) is 5. The van der Waals surface area contributed by atoms with Gasteiger partial charge in [0.15, 0.2) is 11.6 Å². The average Bonchev–Trinajstić information content (AvgIpc) is 3.34. The highest BCUT2D eigenvalue weighted by atomic mass is 19.4. The van der Waals surface area contributed by atoms with Crippen LogP contribution in [0.5, 0.6) is 0 Å². The Bertz CT molecular complexity index is 1650. The van der Waals surface area contributed by atoms with E-state index in [9.17, 15) is 22.8 Å². The van der Waals surface area contributed by atoms with Crippen molar-refractivity contribution in [3.8, 4) is 5.82 Å². The zero-order valence-electron chi connectivity index (χ0n) is 23.6. The lowest BCUT2D eigenvalue weighted by atomic mass is 9.98. The zero-order chi connectivity index (χ0) is 30.0. The number of halogens is 3. The molecular formula is C31H31F3N6O2. The summed E-state index contributed by atoms with van der Waals surface area (Å²) in [4.78, 5) is 35.7. The van der Waals surface area contributed by atoms with Gasteiger partial charge in [-0.25, -0.2) is 9.97 Å². The summed E-state index contributed by atoms with van der Waals surface area (Å²) in [6.45, 7) is 6.11. The fraction of sp³-hybridized carbons (Fsp3) is 0.323. The first-order chi connectivity index (χ1) is 20.0. The number of amides is 1. The van der Waals surface area contributed by atoms with Gasteiger partial charge in [0, 0.05) is 54.2 Å². The molecule has 1 aliphatic rings. The number of nitrogens with one attached hydrogen (secondary N) is 1. The summed E-state index contributed by atoms with van der Waals surface area (Å²) in [5.41, 5.74) is 2.95. The predicted octanol–water partition coefficient (Wildman–Crippen LogP) is 6.55. The topological polar surface area (TPSA) is 93.0 Å². The summed E-state index contributed by atoms with van der Waals surface area (Å²) >= 11 is 0. The molecule has 0 aliphatic carbocycles. The largest absolute Gasteiger partial charge is 0.416 e. The van der Waals surface area contributed by atoms with Crippen molar-refractivity contribution in [2.45, 2.75) is 59.1 Å². The van der Waals surface area contributed by atoms with Crippen LogP contribution in [-0.4, -0.2) is 38.0 Å². The van der Waals surface area contributed by atoms with E-state index in [1.165, 1.54) is 17.3 Å². The summed E-state index contributed by atoms with van der Waals surface area (Å²) in [5.74, 6) is 0.550. The molecule has 4 aromatic rings. The van der Waals surface area contributed by atoms with Crippen LogP contribution in [0.3, 0.4) is 0 Å². The van der Waals surface area contributed by atoms with Gasteiger partial charge in [0.1, 0.15) is 12.1 Å². The van der Waals surface area contributed by atoms with Crippen molar-refractivity contribution in [3.05, 3.63) is 88.5 Å². The molecule has 2 aromatic heterocycles. The minimum Gasteiger partial charge on any atom is -0.340 e. The van der Waals surface area contributed by atoms with Crippen molar-refractivity contribution in [1.29, 1.82) is 0 Å². The average molecular weight is 577 g/mol. The van der Waals surface area contributed by atoms with Gasteiger partial charge in [-0.2, -0.15) is 23.0 Å². The number of Topliss-reactive ketones (excluding diaryl/α,β-unsaturated/α-hetero) is 1. The van der Waals surface area contributed by atoms with Crippen LogP contribution in [0, 0.1) is 13.8 Å². The van der Waals surface area contributed by atoms with E-state index in [2.05, 4.69) is 20.4 Å². The smallest absolute Gasteiger partial charge is 0.340 e. The Balaban J connectivity index is 1.42. The SMILES string of the molecule is CCc1cc(-n2nc(C)cc2Nc2cc(CC(=O)c3cc(N4CCCCC4=O)cc(C(F)(F)F)c3)ccc2C)ncn1. The van der Waals surface area contributed by atoms with E-state index in [-0.39, 0.29) is 30.0 Å². The molecule has 0 unspecified atom stereocenters. The number of benzene rings is 2. The molecule has 0 bridgehead atoms. The van der Waals surface area contributed by atoms with Crippen LogP contribution in [0.25, 0.3) is 5.82 Å². The number of aromatic nitrogens is 4. The number of carbonyl (C=O) groups excluding carboxylic acids is 2. The first-order valence-corrected chi connectivity index (χ1v) is 13.8. The van der Waals surface area contributed by atoms with E-state index >= 15 is 0 Å². The summed E-state index contributed by atoms with van der Waals surface area (Å²) in [5, 5.41) is 7.94. The number of rotatable bonds is 8. The lowest BCUT2D eigenvalue weighted by Crippen LogP contribution is -2.35. The van der Waals surface area contributed by atoms with Gasteiger partial charge in [-0.1, -0.05) is 19.1 Å². The van der Waals surface area contributed by atoms with E-state index in [0.717, 1.165) is 41.2 Å². The first-order valence-electron chi connectivity index (χ1n) is 13.8. The van der Waals surface area contributed by atoms with E-state index < -0.39 is 17.5 Å². The summed E-state index contributed by atoms with van der Waals surface area (Å²) in [7, 11) is 0. The quantitative estimate of drug-likeness (QED) is 0.239. The summed E-state index contributed by atoms with van der Waals surface area (Å²) in [6.07, 6.45) is -0.875. The van der Waals surface area contributed by atoms with E-state index in [0.29, 0.717) is 36.6 Å². The minimum atomic E-state index is -4.66. The van der Waals surface area contributed by atoms with Crippen molar-refractivity contribution in [1.82, 2.24) is 19.7 Å². The number of anilines is 3.